The Morgan fingerprint density at radius 1 is 1.22 bits per heavy atom. The first-order chi connectivity index (χ1) is 10.9. The van der Waals surface area contributed by atoms with E-state index < -0.39 is 10.0 Å². The third kappa shape index (κ3) is 6.88. The molecule has 0 atom stereocenters. The molecule has 6 nitrogen and oxygen atoms in total. The van der Waals surface area contributed by atoms with Crippen LogP contribution in [0.2, 0.25) is 0 Å². The molecule has 23 heavy (non-hydrogen) atoms. The summed E-state index contributed by atoms with van der Waals surface area (Å²) in [6.45, 7) is 10.4. The predicted octanol–water partition coefficient (Wildman–Crippen LogP) is 1.78. The average Bonchev–Trinajstić information content (AvgIpc) is 2.91. The van der Waals surface area contributed by atoms with Crippen LogP contribution < -0.4 is 10.6 Å². The largest absolute Gasteiger partial charge is 0.357 e. The summed E-state index contributed by atoms with van der Waals surface area (Å²) in [5.74, 6) is 0.713. The molecule has 0 bridgehead atoms. The SMILES string of the molecule is CCNC(=NCc1ccc(C)s1)NCCS(=O)(=O)N(CC)CC. The smallest absolute Gasteiger partial charge is 0.215 e. The summed E-state index contributed by atoms with van der Waals surface area (Å²) in [6, 6.07) is 4.14. The summed E-state index contributed by atoms with van der Waals surface area (Å²) >= 11 is 1.72. The van der Waals surface area contributed by atoms with Crippen LogP contribution in [0.3, 0.4) is 0 Å². The fraction of sp³-hybridized carbons (Fsp3) is 0.667. The predicted molar refractivity (Wildman–Crippen MR) is 98.6 cm³/mol. The van der Waals surface area contributed by atoms with E-state index in [4.69, 9.17) is 0 Å². The molecule has 2 N–H and O–H groups in total. The van der Waals surface area contributed by atoms with Crippen molar-refractivity contribution in [1.29, 1.82) is 0 Å². The number of hydrogen-bond acceptors (Lipinski definition) is 4. The van der Waals surface area contributed by atoms with Crippen molar-refractivity contribution in [3.63, 3.8) is 0 Å². The molecule has 0 radical (unpaired) electrons. The fourth-order valence-corrected chi connectivity index (χ4v) is 4.33. The van der Waals surface area contributed by atoms with Gasteiger partial charge in [-0.05, 0) is 26.0 Å². The lowest BCUT2D eigenvalue weighted by Gasteiger charge is -2.19. The molecular formula is C15H28N4O2S2. The van der Waals surface area contributed by atoms with Crippen molar-refractivity contribution in [1.82, 2.24) is 14.9 Å². The first-order valence-corrected chi connectivity index (χ1v) is 10.4. The zero-order valence-electron chi connectivity index (χ0n) is 14.4. The number of guanidine groups is 1. The van der Waals surface area contributed by atoms with Gasteiger partial charge in [-0.1, -0.05) is 13.8 Å². The van der Waals surface area contributed by atoms with Crippen LogP contribution in [0.1, 0.15) is 30.5 Å². The van der Waals surface area contributed by atoms with Gasteiger partial charge in [-0.25, -0.2) is 17.7 Å². The standard InChI is InChI=1S/C15H28N4O2S2/c1-5-16-15(18-12-14-9-8-13(4)22-14)17-10-11-23(20,21)19(6-2)7-3/h8-9H,5-7,10-12H2,1-4H3,(H2,16,17,18). The van der Waals surface area contributed by atoms with Gasteiger partial charge in [-0.2, -0.15) is 0 Å². The number of aliphatic imine (C=N–C) groups is 1. The first kappa shape index (κ1) is 19.9. The third-order valence-corrected chi connectivity index (χ3v) is 6.29. The normalized spacial score (nSPS) is 12.7. The fourth-order valence-electron chi connectivity index (χ4n) is 2.11. The highest BCUT2D eigenvalue weighted by atomic mass is 32.2. The van der Waals surface area contributed by atoms with Crippen molar-refractivity contribution in [2.75, 3.05) is 31.9 Å². The van der Waals surface area contributed by atoms with E-state index in [1.165, 1.54) is 14.1 Å². The summed E-state index contributed by atoms with van der Waals surface area (Å²) in [4.78, 5) is 6.95. The Labute approximate surface area is 144 Å². The molecule has 0 unspecified atom stereocenters. The molecule has 0 amide bonds. The van der Waals surface area contributed by atoms with Crippen molar-refractivity contribution in [3.05, 3.63) is 21.9 Å². The van der Waals surface area contributed by atoms with Crippen LogP contribution in [0.15, 0.2) is 17.1 Å². The molecule has 1 aromatic rings. The van der Waals surface area contributed by atoms with Gasteiger partial charge >= 0.3 is 0 Å². The van der Waals surface area contributed by atoms with Gasteiger partial charge in [0.05, 0.1) is 12.3 Å². The second kappa shape index (κ2) is 9.89. The lowest BCUT2D eigenvalue weighted by atomic mass is 10.4. The number of thiophene rings is 1. The Bertz CT molecular complexity index is 592. The van der Waals surface area contributed by atoms with E-state index in [2.05, 4.69) is 34.7 Å². The third-order valence-electron chi connectivity index (χ3n) is 3.28. The molecule has 0 aromatic carbocycles. The molecule has 1 aromatic heterocycles. The van der Waals surface area contributed by atoms with E-state index in [1.807, 2.05) is 20.8 Å². The number of rotatable bonds is 9. The van der Waals surface area contributed by atoms with E-state index in [-0.39, 0.29) is 5.75 Å². The van der Waals surface area contributed by atoms with E-state index in [1.54, 1.807) is 11.3 Å². The molecule has 0 saturated heterocycles. The summed E-state index contributed by atoms with van der Waals surface area (Å²) in [6.07, 6.45) is 0. The highest BCUT2D eigenvalue weighted by Gasteiger charge is 2.18. The van der Waals surface area contributed by atoms with E-state index in [0.717, 1.165) is 6.54 Å². The van der Waals surface area contributed by atoms with Gasteiger partial charge in [-0.3, -0.25) is 0 Å². The van der Waals surface area contributed by atoms with Crippen LogP contribution in [0.5, 0.6) is 0 Å². The van der Waals surface area contributed by atoms with Crippen LogP contribution in [0.4, 0.5) is 0 Å². The molecule has 8 heteroatoms. The van der Waals surface area contributed by atoms with Gasteiger partial charge in [0, 0.05) is 35.9 Å². The summed E-state index contributed by atoms with van der Waals surface area (Å²) in [5.41, 5.74) is 0. The summed E-state index contributed by atoms with van der Waals surface area (Å²) in [5, 5.41) is 6.23. The summed E-state index contributed by atoms with van der Waals surface area (Å²) < 4.78 is 25.8. The second-order valence-electron chi connectivity index (χ2n) is 5.03. The molecule has 1 heterocycles. The van der Waals surface area contributed by atoms with Crippen LogP contribution in [0.25, 0.3) is 0 Å². The van der Waals surface area contributed by atoms with Crippen LogP contribution in [-0.4, -0.2) is 50.6 Å². The molecule has 0 spiro atoms. The molecule has 0 aliphatic carbocycles. The Morgan fingerprint density at radius 3 is 2.43 bits per heavy atom. The maximum atomic E-state index is 12.1. The van der Waals surface area contributed by atoms with Gasteiger partial charge < -0.3 is 10.6 Å². The highest BCUT2D eigenvalue weighted by molar-refractivity contribution is 7.89. The van der Waals surface area contributed by atoms with Crippen molar-refractivity contribution in [2.45, 2.75) is 34.2 Å². The quantitative estimate of drug-likeness (QED) is 0.520. The molecule has 132 valence electrons. The molecule has 0 fully saturated rings. The minimum absolute atomic E-state index is 0.0667. The number of nitrogens with zero attached hydrogens (tertiary/aromatic N) is 2. The summed E-state index contributed by atoms with van der Waals surface area (Å²) in [7, 11) is -3.21. The maximum absolute atomic E-state index is 12.1. The zero-order valence-corrected chi connectivity index (χ0v) is 16.1. The number of aryl methyl sites for hydroxylation is 1. The first-order valence-electron chi connectivity index (χ1n) is 7.98. The van der Waals surface area contributed by atoms with E-state index in [9.17, 15) is 8.42 Å². The van der Waals surface area contributed by atoms with Crippen LogP contribution in [0, 0.1) is 6.92 Å². The molecule has 1 rings (SSSR count). The Balaban J connectivity index is 2.56. The topological polar surface area (TPSA) is 73.8 Å². The lowest BCUT2D eigenvalue weighted by Crippen LogP contribution is -2.42. The lowest BCUT2D eigenvalue weighted by molar-refractivity contribution is 0.445. The minimum atomic E-state index is -3.21. The zero-order chi connectivity index (χ0) is 17.3. The van der Waals surface area contributed by atoms with Gasteiger partial charge in [0.25, 0.3) is 0 Å². The number of hydrogen-bond donors (Lipinski definition) is 2. The van der Waals surface area contributed by atoms with Gasteiger partial charge in [-0.15, -0.1) is 11.3 Å². The average molecular weight is 361 g/mol. The Morgan fingerprint density at radius 2 is 1.91 bits per heavy atom. The second-order valence-corrected chi connectivity index (χ2v) is 8.50. The van der Waals surface area contributed by atoms with E-state index >= 15 is 0 Å². The Hall–Kier alpha value is -1.12. The van der Waals surface area contributed by atoms with Gasteiger partial charge in [0.15, 0.2) is 5.96 Å². The number of sulfonamides is 1. The van der Waals surface area contributed by atoms with Crippen molar-refractivity contribution in [2.24, 2.45) is 4.99 Å². The van der Waals surface area contributed by atoms with Crippen LogP contribution in [-0.2, 0) is 16.6 Å². The minimum Gasteiger partial charge on any atom is -0.357 e. The molecule has 0 aliphatic rings. The van der Waals surface area contributed by atoms with Crippen molar-refractivity contribution < 1.29 is 8.42 Å². The van der Waals surface area contributed by atoms with Crippen molar-refractivity contribution in [3.8, 4) is 0 Å². The van der Waals surface area contributed by atoms with Gasteiger partial charge in [0.2, 0.25) is 10.0 Å². The van der Waals surface area contributed by atoms with Crippen molar-refractivity contribution >= 4 is 27.3 Å². The molecular weight excluding hydrogens is 332 g/mol. The highest BCUT2D eigenvalue weighted by Crippen LogP contribution is 2.15. The van der Waals surface area contributed by atoms with Crippen LogP contribution >= 0.6 is 11.3 Å². The number of nitrogens with one attached hydrogen (secondary N) is 2. The van der Waals surface area contributed by atoms with Gasteiger partial charge in [0.1, 0.15) is 0 Å². The van der Waals surface area contributed by atoms with E-state index in [0.29, 0.717) is 32.1 Å². The Kier molecular flexibility index (Phi) is 8.57. The monoisotopic (exact) mass is 360 g/mol. The maximum Gasteiger partial charge on any atom is 0.215 e. The molecule has 0 saturated carbocycles. The molecule has 0 aliphatic heterocycles.